The number of fused-ring (bicyclic) bond motifs is 5. The molecule has 0 spiro atoms. The van der Waals surface area contributed by atoms with Crippen molar-refractivity contribution < 1.29 is 9.53 Å². The van der Waals surface area contributed by atoms with Gasteiger partial charge < -0.3 is 9.30 Å². The number of carbonyl (C=O) groups excluding carboxylic acids is 1. The Morgan fingerprint density at radius 3 is 2.55 bits per heavy atom. The van der Waals surface area contributed by atoms with Crippen molar-refractivity contribution in [2.45, 2.75) is 52.2 Å². The average Bonchev–Trinajstić information content (AvgIpc) is 3.04. The molecule has 168 valence electrons. The first-order valence-corrected chi connectivity index (χ1v) is 11.7. The Kier molecular flexibility index (Phi) is 4.95. The standard InChI is InChI=1S/C29H28ClNO2/c1-28(2,3)20-9-10-25-23(15-20)24-14-19(17-32)27-22(11-12-29(4,5)33-27)26(24)31(25)16-18-7-6-8-21(30)13-18/h6-15,17H,16H2,1-5H3. The summed E-state index contributed by atoms with van der Waals surface area (Å²) >= 11 is 6.30. The molecule has 0 N–H and O–H groups in total. The maximum atomic E-state index is 12.1. The van der Waals surface area contributed by atoms with E-state index in [1.165, 1.54) is 5.56 Å². The van der Waals surface area contributed by atoms with Crippen molar-refractivity contribution >= 4 is 45.8 Å². The second kappa shape index (κ2) is 7.50. The molecule has 1 aliphatic rings. The number of carbonyl (C=O) groups is 1. The van der Waals surface area contributed by atoms with Gasteiger partial charge in [-0.1, -0.05) is 50.6 Å². The number of aromatic nitrogens is 1. The zero-order valence-corrected chi connectivity index (χ0v) is 20.5. The molecular weight excluding hydrogens is 430 g/mol. The van der Waals surface area contributed by atoms with Crippen molar-refractivity contribution in [2.24, 2.45) is 0 Å². The van der Waals surface area contributed by atoms with E-state index in [2.05, 4.69) is 61.8 Å². The average molecular weight is 458 g/mol. The Morgan fingerprint density at radius 2 is 1.85 bits per heavy atom. The number of nitrogens with zero attached hydrogens (tertiary/aromatic N) is 1. The van der Waals surface area contributed by atoms with Crippen LogP contribution in [0, 0.1) is 0 Å². The van der Waals surface area contributed by atoms with E-state index in [1.54, 1.807) is 0 Å². The molecule has 3 aromatic carbocycles. The van der Waals surface area contributed by atoms with E-state index in [-0.39, 0.29) is 5.41 Å². The molecule has 0 unspecified atom stereocenters. The number of rotatable bonds is 3. The maximum Gasteiger partial charge on any atom is 0.153 e. The van der Waals surface area contributed by atoms with Gasteiger partial charge in [0.15, 0.2) is 6.29 Å². The molecular formula is C29H28ClNO2. The van der Waals surface area contributed by atoms with Gasteiger partial charge in [0.1, 0.15) is 11.4 Å². The number of hydrogen-bond donors (Lipinski definition) is 0. The predicted octanol–water partition coefficient (Wildman–Crippen LogP) is 7.79. The minimum absolute atomic E-state index is 0.0182. The van der Waals surface area contributed by atoms with Gasteiger partial charge in [-0.15, -0.1) is 0 Å². The highest BCUT2D eigenvalue weighted by atomic mass is 35.5. The lowest BCUT2D eigenvalue weighted by molar-refractivity contribution is 0.110. The van der Waals surface area contributed by atoms with Crippen LogP contribution < -0.4 is 4.74 Å². The summed E-state index contributed by atoms with van der Waals surface area (Å²) in [7, 11) is 0. The fourth-order valence-electron chi connectivity index (χ4n) is 4.69. The van der Waals surface area contributed by atoms with Crippen LogP contribution in [0.5, 0.6) is 5.75 Å². The van der Waals surface area contributed by atoms with Crippen LogP contribution in [-0.2, 0) is 12.0 Å². The highest BCUT2D eigenvalue weighted by molar-refractivity contribution is 6.30. The Morgan fingerprint density at radius 1 is 1.06 bits per heavy atom. The molecule has 4 heteroatoms. The maximum absolute atomic E-state index is 12.1. The van der Waals surface area contributed by atoms with Crippen LogP contribution in [0.15, 0.2) is 54.6 Å². The molecule has 0 amide bonds. The first-order valence-electron chi connectivity index (χ1n) is 11.3. The van der Waals surface area contributed by atoms with Crippen LogP contribution in [0.4, 0.5) is 0 Å². The normalized spacial score (nSPS) is 15.0. The third-order valence-corrected chi connectivity index (χ3v) is 6.64. The van der Waals surface area contributed by atoms with Gasteiger partial charge in [0.05, 0.1) is 11.1 Å². The highest BCUT2D eigenvalue weighted by Gasteiger charge is 2.28. The molecule has 0 fully saturated rings. The lowest BCUT2D eigenvalue weighted by Gasteiger charge is -2.29. The predicted molar refractivity (Wildman–Crippen MR) is 138 cm³/mol. The summed E-state index contributed by atoms with van der Waals surface area (Å²) in [5, 5.41) is 2.93. The van der Waals surface area contributed by atoms with Gasteiger partial charge in [-0.2, -0.15) is 0 Å². The van der Waals surface area contributed by atoms with Crippen molar-refractivity contribution in [3.63, 3.8) is 0 Å². The van der Waals surface area contributed by atoms with Crippen LogP contribution in [0.25, 0.3) is 27.9 Å². The van der Waals surface area contributed by atoms with Gasteiger partial charge in [0.2, 0.25) is 0 Å². The molecule has 4 aromatic rings. The monoisotopic (exact) mass is 457 g/mol. The fourth-order valence-corrected chi connectivity index (χ4v) is 4.90. The summed E-state index contributed by atoms with van der Waals surface area (Å²) < 4.78 is 8.62. The van der Waals surface area contributed by atoms with Gasteiger partial charge in [0.25, 0.3) is 0 Å². The largest absolute Gasteiger partial charge is 0.482 e. The summed E-state index contributed by atoms with van der Waals surface area (Å²) in [5.74, 6) is 0.649. The summed E-state index contributed by atoms with van der Waals surface area (Å²) in [4.78, 5) is 12.1. The van der Waals surface area contributed by atoms with Crippen LogP contribution in [0.3, 0.4) is 0 Å². The second-order valence-corrected chi connectivity index (χ2v) is 10.9. The molecule has 1 aliphatic heterocycles. The Bertz CT molecular complexity index is 1450. The quantitative estimate of drug-likeness (QED) is 0.294. The fraction of sp³-hybridized carbons (Fsp3) is 0.276. The van der Waals surface area contributed by atoms with Gasteiger partial charge in [-0.05, 0) is 72.9 Å². The third kappa shape index (κ3) is 3.75. The van der Waals surface area contributed by atoms with Crippen LogP contribution in [0.1, 0.15) is 61.7 Å². The summed E-state index contributed by atoms with van der Waals surface area (Å²) in [6.07, 6.45) is 5.07. The second-order valence-electron chi connectivity index (χ2n) is 10.5. The smallest absolute Gasteiger partial charge is 0.153 e. The summed E-state index contributed by atoms with van der Waals surface area (Å²) in [5.41, 5.74) is 5.66. The SMILES string of the molecule is CC1(C)C=Cc2c(c(C=O)cc3c4cc(C(C)(C)C)ccc4n(Cc4cccc(Cl)c4)c23)O1. The molecule has 33 heavy (non-hydrogen) atoms. The molecule has 2 heterocycles. The third-order valence-electron chi connectivity index (χ3n) is 6.40. The number of hydrogen-bond acceptors (Lipinski definition) is 2. The van der Waals surface area contributed by atoms with Crippen molar-refractivity contribution in [1.29, 1.82) is 0 Å². The molecule has 1 aromatic heterocycles. The molecule has 5 rings (SSSR count). The molecule has 0 aliphatic carbocycles. The zero-order valence-electron chi connectivity index (χ0n) is 19.7. The Labute approximate surface area is 199 Å². The molecule has 3 nitrogen and oxygen atoms in total. The van der Waals surface area contributed by atoms with E-state index in [9.17, 15) is 4.79 Å². The van der Waals surface area contributed by atoms with Crippen LogP contribution >= 0.6 is 11.6 Å². The summed E-state index contributed by atoms with van der Waals surface area (Å²) in [6.45, 7) is 11.3. The van der Waals surface area contributed by atoms with Gasteiger partial charge in [0, 0.05) is 33.4 Å². The van der Waals surface area contributed by atoms with Gasteiger partial charge in [-0.3, -0.25) is 4.79 Å². The van der Waals surface area contributed by atoms with E-state index >= 15 is 0 Å². The molecule has 0 atom stereocenters. The van der Waals surface area contributed by atoms with E-state index in [1.807, 2.05) is 38.1 Å². The van der Waals surface area contributed by atoms with Gasteiger partial charge in [-0.25, -0.2) is 0 Å². The Hall–Kier alpha value is -3.04. The van der Waals surface area contributed by atoms with Crippen LogP contribution in [-0.4, -0.2) is 16.5 Å². The Balaban J connectivity index is 1.89. The first-order chi connectivity index (χ1) is 15.6. The lowest BCUT2D eigenvalue weighted by atomic mass is 9.86. The van der Waals surface area contributed by atoms with E-state index in [4.69, 9.17) is 16.3 Å². The molecule has 0 radical (unpaired) electrons. The summed E-state index contributed by atoms with van der Waals surface area (Å²) in [6, 6.07) is 16.6. The van der Waals surface area contributed by atoms with Crippen molar-refractivity contribution in [1.82, 2.24) is 4.57 Å². The zero-order chi connectivity index (χ0) is 23.5. The molecule has 0 bridgehead atoms. The number of ether oxygens (including phenoxy) is 1. The number of halogens is 1. The van der Waals surface area contributed by atoms with Crippen LogP contribution in [0.2, 0.25) is 5.02 Å². The van der Waals surface area contributed by atoms with E-state index in [0.29, 0.717) is 17.9 Å². The van der Waals surface area contributed by atoms with E-state index in [0.717, 1.165) is 44.2 Å². The van der Waals surface area contributed by atoms with Gasteiger partial charge >= 0.3 is 0 Å². The van der Waals surface area contributed by atoms with E-state index < -0.39 is 5.60 Å². The lowest BCUT2D eigenvalue weighted by Crippen LogP contribution is -2.28. The number of aldehydes is 1. The molecule has 0 saturated heterocycles. The topological polar surface area (TPSA) is 31.2 Å². The minimum Gasteiger partial charge on any atom is -0.482 e. The van der Waals surface area contributed by atoms with Crippen molar-refractivity contribution in [2.75, 3.05) is 0 Å². The highest BCUT2D eigenvalue weighted by Crippen LogP contribution is 2.43. The molecule has 0 saturated carbocycles. The van der Waals surface area contributed by atoms with Crippen molar-refractivity contribution in [3.05, 3.63) is 81.9 Å². The first kappa shape index (κ1) is 21.8. The van der Waals surface area contributed by atoms with Crippen molar-refractivity contribution in [3.8, 4) is 5.75 Å². The number of benzene rings is 3. The minimum atomic E-state index is -0.471.